The number of halogens is 3. The first-order valence-corrected chi connectivity index (χ1v) is 9.79. The molecule has 0 atom stereocenters. The number of nitrogens with one attached hydrogen (secondary N) is 1. The van der Waals surface area contributed by atoms with Crippen LogP contribution in [0.15, 0.2) is 53.3 Å². The average molecular weight is 419 g/mol. The maximum atomic E-state index is 12.4. The maximum absolute atomic E-state index is 12.4. The highest BCUT2D eigenvalue weighted by atomic mass is 19.4. The van der Waals surface area contributed by atoms with Gasteiger partial charge < -0.3 is 10.1 Å². The third kappa shape index (κ3) is 9.41. The molecule has 1 aromatic carbocycles. The lowest BCUT2D eigenvalue weighted by molar-refractivity contribution is -0.274. The third-order valence-electron chi connectivity index (χ3n) is 4.28. The van der Waals surface area contributed by atoms with E-state index in [0.717, 1.165) is 37.8 Å². The molecular weight excluding hydrogens is 395 g/mol. The fourth-order valence-electron chi connectivity index (χ4n) is 2.91. The number of hydrogen-bond acceptors (Lipinski definition) is 4. The Labute approximate surface area is 173 Å². The number of nitrogens with zero attached hydrogens (tertiary/aromatic N) is 2. The minimum absolute atomic E-state index is 0.0740. The number of amides is 1. The average Bonchev–Trinajstić information content (AvgIpc) is 2.77. The van der Waals surface area contributed by atoms with Gasteiger partial charge in [0.25, 0.3) is 0 Å². The van der Waals surface area contributed by atoms with Crippen LogP contribution in [0.1, 0.15) is 50.5 Å². The number of benzene rings is 1. The largest absolute Gasteiger partial charge is 0.573 e. The SMILES string of the molecule is N#CCCCCC1=N/C=C(/NC(=O)Cc2cccc(OC(F)(F)F)c2)CCC/C=C\1. The van der Waals surface area contributed by atoms with Gasteiger partial charge in [-0.2, -0.15) is 5.26 Å². The summed E-state index contributed by atoms with van der Waals surface area (Å²) in [5.41, 5.74) is 1.97. The van der Waals surface area contributed by atoms with E-state index in [9.17, 15) is 18.0 Å². The molecular formula is C22H24F3N3O2. The van der Waals surface area contributed by atoms with Crippen molar-refractivity contribution in [2.24, 2.45) is 4.99 Å². The first-order chi connectivity index (χ1) is 14.4. The van der Waals surface area contributed by atoms with Crippen molar-refractivity contribution in [1.82, 2.24) is 5.32 Å². The topological polar surface area (TPSA) is 74.5 Å². The number of hydrogen-bond donors (Lipinski definition) is 1. The lowest BCUT2D eigenvalue weighted by Crippen LogP contribution is -2.24. The van der Waals surface area contributed by atoms with Crippen LogP contribution in [0.5, 0.6) is 5.75 Å². The first-order valence-electron chi connectivity index (χ1n) is 9.79. The number of alkyl halides is 3. The van der Waals surface area contributed by atoms with Crippen molar-refractivity contribution in [2.45, 2.75) is 57.7 Å². The number of carbonyl (C=O) groups excluding carboxylic acids is 1. The molecule has 0 unspecified atom stereocenters. The van der Waals surface area contributed by atoms with E-state index in [4.69, 9.17) is 5.26 Å². The zero-order valence-electron chi connectivity index (χ0n) is 16.5. The van der Waals surface area contributed by atoms with Crippen LogP contribution in [0.2, 0.25) is 0 Å². The van der Waals surface area contributed by atoms with Gasteiger partial charge in [0.05, 0.1) is 12.5 Å². The van der Waals surface area contributed by atoms with Gasteiger partial charge in [0.2, 0.25) is 5.91 Å². The number of rotatable bonds is 8. The van der Waals surface area contributed by atoms with Crippen LogP contribution < -0.4 is 10.1 Å². The van der Waals surface area contributed by atoms with Gasteiger partial charge in [-0.15, -0.1) is 13.2 Å². The minimum Gasteiger partial charge on any atom is -0.406 e. The second-order valence-electron chi connectivity index (χ2n) is 6.85. The molecule has 0 aromatic heterocycles. The number of carbonyl (C=O) groups is 1. The van der Waals surface area contributed by atoms with Crippen molar-refractivity contribution in [3.8, 4) is 11.8 Å². The van der Waals surface area contributed by atoms with E-state index in [0.29, 0.717) is 24.1 Å². The summed E-state index contributed by atoms with van der Waals surface area (Å²) < 4.78 is 41.0. The summed E-state index contributed by atoms with van der Waals surface area (Å²) in [6, 6.07) is 7.50. The Kier molecular flexibility index (Phi) is 9.13. The Morgan fingerprint density at radius 2 is 2.13 bits per heavy atom. The van der Waals surface area contributed by atoms with Crippen molar-refractivity contribution >= 4 is 11.6 Å². The number of allylic oxidation sites excluding steroid dienone is 3. The molecule has 0 bridgehead atoms. The molecule has 0 fully saturated rings. The van der Waals surface area contributed by atoms with Gasteiger partial charge in [-0.25, -0.2) is 0 Å². The van der Waals surface area contributed by atoms with Crippen LogP contribution >= 0.6 is 0 Å². The highest BCUT2D eigenvalue weighted by Crippen LogP contribution is 2.23. The van der Waals surface area contributed by atoms with Crippen LogP contribution in [-0.2, 0) is 11.2 Å². The maximum Gasteiger partial charge on any atom is 0.573 e. The van der Waals surface area contributed by atoms with Crippen LogP contribution in [0.3, 0.4) is 0 Å². The monoisotopic (exact) mass is 419 g/mol. The molecule has 1 amide bonds. The molecule has 160 valence electrons. The first kappa shape index (κ1) is 23.2. The summed E-state index contributed by atoms with van der Waals surface area (Å²) in [6.07, 6.45) is 6.08. The predicted molar refractivity (Wildman–Crippen MR) is 108 cm³/mol. The van der Waals surface area contributed by atoms with Gasteiger partial charge >= 0.3 is 6.36 Å². The summed E-state index contributed by atoms with van der Waals surface area (Å²) in [6.45, 7) is 0. The fourth-order valence-corrected chi connectivity index (χ4v) is 2.91. The Bertz CT molecular complexity index is 852. The fraction of sp³-hybridized carbons (Fsp3) is 0.409. The second kappa shape index (κ2) is 11.8. The van der Waals surface area contributed by atoms with Gasteiger partial charge in [-0.3, -0.25) is 9.79 Å². The van der Waals surface area contributed by atoms with E-state index in [2.05, 4.69) is 21.1 Å². The van der Waals surface area contributed by atoms with Crippen LogP contribution in [0, 0.1) is 11.3 Å². The molecule has 30 heavy (non-hydrogen) atoms. The van der Waals surface area contributed by atoms with E-state index in [1.54, 1.807) is 12.3 Å². The smallest absolute Gasteiger partial charge is 0.406 e. The highest BCUT2D eigenvalue weighted by molar-refractivity contribution is 5.95. The molecule has 1 aliphatic rings. The van der Waals surface area contributed by atoms with E-state index in [-0.39, 0.29) is 18.1 Å². The zero-order chi connectivity index (χ0) is 21.8. The third-order valence-corrected chi connectivity index (χ3v) is 4.28. The summed E-state index contributed by atoms with van der Waals surface area (Å²) >= 11 is 0. The molecule has 1 heterocycles. The summed E-state index contributed by atoms with van der Waals surface area (Å²) in [5, 5.41) is 11.4. The normalized spacial score (nSPS) is 19.0. The molecule has 0 radical (unpaired) electrons. The quantitative estimate of drug-likeness (QED) is 0.577. The summed E-state index contributed by atoms with van der Waals surface area (Å²) in [4.78, 5) is 16.8. The number of nitriles is 1. The van der Waals surface area contributed by atoms with Gasteiger partial charge in [0.15, 0.2) is 0 Å². The Hall–Kier alpha value is -3.08. The minimum atomic E-state index is -4.78. The lowest BCUT2D eigenvalue weighted by Gasteiger charge is -2.11. The molecule has 1 N–H and O–H groups in total. The predicted octanol–water partition coefficient (Wildman–Crippen LogP) is 5.35. The lowest BCUT2D eigenvalue weighted by atomic mass is 10.1. The molecule has 1 aliphatic heterocycles. The highest BCUT2D eigenvalue weighted by Gasteiger charge is 2.31. The van der Waals surface area contributed by atoms with Gasteiger partial charge in [0, 0.05) is 24.0 Å². The summed E-state index contributed by atoms with van der Waals surface area (Å²) in [7, 11) is 0. The van der Waals surface area contributed by atoms with Gasteiger partial charge in [-0.05, 0) is 62.3 Å². The van der Waals surface area contributed by atoms with E-state index in [1.165, 1.54) is 18.2 Å². The number of unbranched alkanes of at least 4 members (excludes halogenated alkanes) is 2. The molecule has 0 aliphatic carbocycles. The van der Waals surface area contributed by atoms with E-state index < -0.39 is 6.36 Å². The van der Waals surface area contributed by atoms with Crippen LogP contribution in [-0.4, -0.2) is 18.0 Å². The van der Waals surface area contributed by atoms with E-state index >= 15 is 0 Å². The van der Waals surface area contributed by atoms with Crippen LogP contribution in [0.4, 0.5) is 13.2 Å². The molecule has 2 rings (SSSR count). The Morgan fingerprint density at radius 3 is 2.90 bits per heavy atom. The Morgan fingerprint density at radius 1 is 1.30 bits per heavy atom. The molecule has 8 heteroatoms. The summed E-state index contributed by atoms with van der Waals surface area (Å²) in [5.74, 6) is -0.686. The van der Waals surface area contributed by atoms with Crippen molar-refractivity contribution < 1.29 is 22.7 Å². The molecule has 1 aromatic rings. The molecule has 0 saturated carbocycles. The molecule has 0 saturated heterocycles. The van der Waals surface area contributed by atoms with E-state index in [1.807, 2.05) is 12.2 Å². The van der Waals surface area contributed by atoms with Crippen molar-refractivity contribution in [1.29, 1.82) is 5.26 Å². The second-order valence-corrected chi connectivity index (χ2v) is 6.85. The number of aliphatic imine (C=N–C) groups is 1. The Balaban J connectivity index is 1.98. The number of ether oxygens (including phenoxy) is 1. The van der Waals surface area contributed by atoms with Gasteiger partial charge in [-0.1, -0.05) is 18.2 Å². The van der Waals surface area contributed by atoms with Gasteiger partial charge in [0.1, 0.15) is 5.75 Å². The van der Waals surface area contributed by atoms with Crippen LogP contribution in [0.25, 0.3) is 0 Å². The molecule has 5 nitrogen and oxygen atoms in total. The van der Waals surface area contributed by atoms with Crippen molar-refractivity contribution in [2.75, 3.05) is 0 Å². The molecule has 0 spiro atoms. The zero-order valence-corrected chi connectivity index (χ0v) is 16.5. The van der Waals surface area contributed by atoms with Crippen molar-refractivity contribution in [3.63, 3.8) is 0 Å². The standard InChI is InChI=1S/C22H24F3N3O2/c23-22(24,25)30-20-12-7-8-17(14-20)15-21(29)28-19-11-4-1-3-9-18(27-16-19)10-5-2-6-13-26/h3,7-9,12,14,16H,1-2,4-6,10-11,15H2,(H,28,29)/b9-3-,19-16+,27-18+. The van der Waals surface area contributed by atoms with Crippen molar-refractivity contribution in [3.05, 3.63) is 53.9 Å².